The van der Waals surface area contributed by atoms with E-state index in [0.29, 0.717) is 6.54 Å². The van der Waals surface area contributed by atoms with Crippen molar-refractivity contribution in [3.8, 4) is 0 Å². The third kappa shape index (κ3) is 6.11. The lowest BCUT2D eigenvalue weighted by atomic mass is 10.8. The quantitative estimate of drug-likeness (QED) is 0.462. The van der Waals surface area contributed by atoms with Crippen LogP contribution in [0, 0.1) is 6.92 Å². The van der Waals surface area contributed by atoms with Crippen molar-refractivity contribution < 1.29 is 14.4 Å². The number of rotatable bonds is 3. The first-order chi connectivity index (χ1) is 3.56. The second-order valence-corrected chi connectivity index (χ2v) is 2.97. The van der Waals surface area contributed by atoms with E-state index in [0.717, 1.165) is 0 Å². The smallest absolute Gasteiger partial charge is 0.324 e. The van der Waals surface area contributed by atoms with E-state index in [1.165, 1.54) is 0 Å². The minimum absolute atomic E-state index is 0.281. The lowest BCUT2D eigenvalue weighted by Gasteiger charge is -2.01. The van der Waals surface area contributed by atoms with Gasteiger partial charge in [-0.2, -0.15) is 0 Å². The van der Waals surface area contributed by atoms with Gasteiger partial charge in [0.1, 0.15) is 0 Å². The van der Waals surface area contributed by atoms with Gasteiger partial charge in [0.15, 0.2) is 0 Å². The maximum Gasteiger partial charge on any atom is 0.339 e. The summed E-state index contributed by atoms with van der Waals surface area (Å²) in [7, 11) is -3.83. The summed E-state index contributed by atoms with van der Waals surface area (Å²) in [6.07, 6.45) is -0.281. The van der Waals surface area contributed by atoms with Gasteiger partial charge in [0.05, 0.1) is 6.29 Å². The molecule has 49 valence electrons. The predicted octanol–water partition coefficient (Wildman–Crippen LogP) is -0.455. The van der Waals surface area contributed by atoms with Gasteiger partial charge in [0.25, 0.3) is 0 Å². The number of hydrogen-bond donors (Lipinski definition) is 3. The first-order valence-electron chi connectivity index (χ1n) is 2.11. The Morgan fingerprint density at radius 3 is 2.25 bits per heavy atom. The molecule has 0 saturated carbocycles. The summed E-state index contributed by atoms with van der Waals surface area (Å²) in [4.78, 5) is 16.3. The van der Waals surface area contributed by atoms with Gasteiger partial charge in [-0.3, -0.25) is 4.57 Å². The Morgan fingerprint density at radius 1 is 1.62 bits per heavy atom. The maximum atomic E-state index is 9.99. The molecule has 5 heteroatoms. The molecular weight excluding hydrogens is 129 g/mol. The second-order valence-electron chi connectivity index (χ2n) is 1.32. The summed E-state index contributed by atoms with van der Waals surface area (Å²) in [5.74, 6) is 0. The summed E-state index contributed by atoms with van der Waals surface area (Å²) in [5.41, 5.74) is 0. The van der Waals surface area contributed by atoms with Crippen LogP contribution in [0.1, 0.15) is 0 Å². The lowest BCUT2D eigenvalue weighted by Crippen LogP contribution is -2.13. The number of hydrogen-bond acceptors (Lipinski definition) is 2. The second kappa shape index (κ2) is 3.20. The molecule has 0 aliphatic heterocycles. The van der Waals surface area contributed by atoms with E-state index in [1.807, 2.05) is 0 Å². The van der Waals surface area contributed by atoms with Crippen LogP contribution in [0.4, 0.5) is 0 Å². The highest BCUT2D eigenvalue weighted by Gasteiger charge is 2.09. The minimum atomic E-state index is -3.83. The van der Waals surface area contributed by atoms with E-state index >= 15 is 0 Å². The Labute approximate surface area is 48.1 Å². The molecule has 0 aromatic heterocycles. The molecule has 0 spiro atoms. The van der Waals surface area contributed by atoms with E-state index in [2.05, 4.69) is 12.2 Å². The van der Waals surface area contributed by atoms with E-state index in [4.69, 9.17) is 9.79 Å². The van der Waals surface area contributed by atoms with Gasteiger partial charge in [-0.1, -0.05) is 0 Å². The molecule has 0 amide bonds. The van der Waals surface area contributed by atoms with Crippen LogP contribution in [0.2, 0.25) is 0 Å². The van der Waals surface area contributed by atoms with Gasteiger partial charge in [0, 0.05) is 0 Å². The molecule has 3 N–H and O–H groups in total. The van der Waals surface area contributed by atoms with Crippen molar-refractivity contribution in [1.29, 1.82) is 0 Å². The summed E-state index contributed by atoms with van der Waals surface area (Å²) in [6, 6.07) is 0. The monoisotopic (exact) mass is 138 g/mol. The van der Waals surface area contributed by atoms with E-state index in [-0.39, 0.29) is 6.29 Å². The molecule has 0 saturated heterocycles. The highest BCUT2D eigenvalue weighted by Crippen LogP contribution is 2.31. The van der Waals surface area contributed by atoms with Gasteiger partial charge in [-0.15, -0.1) is 0 Å². The van der Waals surface area contributed by atoms with Crippen LogP contribution in [0.5, 0.6) is 0 Å². The first-order valence-corrected chi connectivity index (χ1v) is 3.90. The van der Waals surface area contributed by atoms with Crippen LogP contribution in [-0.4, -0.2) is 22.6 Å². The third-order valence-corrected chi connectivity index (χ3v) is 1.13. The summed E-state index contributed by atoms with van der Waals surface area (Å²) >= 11 is 0. The molecule has 0 unspecified atom stereocenters. The summed E-state index contributed by atoms with van der Waals surface area (Å²) in [6.45, 7) is 3.67. The van der Waals surface area contributed by atoms with Crippen LogP contribution in [0.25, 0.3) is 0 Å². The zero-order chi connectivity index (χ0) is 6.62. The predicted molar refractivity (Wildman–Crippen MR) is 30.3 cm³/mol. The zero-order valence-electron chi connectivity index (χ0n) is 4.37. The van der Waals surface area contributed by atoms with Crippen LogP contribution in [0.3, 0.4) is 0 Å². The van der Waals surface area contributed by atoms with E-state index < -0.39 is 7.60 Å². The minimum Gasteiger partial charge on any atom is -0.324 e. The Balaban J connectivity index is 3.26. The van der Waals surface area contributed by atoms with Crippen molar-refractivity contribution in [1.82, 2.24) is 5.32 Å². The molecule has 0 aliphatic carbocycles. The SMILES string of the molecule is [CH2]CNCP(=O)(O)O. The normalized spacial score (nSPS) is 11.9. The highest BCUT2D eigenvalue weighted by atomic mass is 31.2. The van der Waals surface area contributed by atoms with Crippen molar-refractivity contribution in [2.45, 2.75) is 0 Å². The van der Waals surface area contributed by atoms with Crippen molar-refractivity contribution in [3.05, 3.63) is 6.92 Å². The standard InChI is InChI=1S/C3H9NO3P/c1-2-4-3-8(5,6)7/h4H,1-3H2,(H2,5,6,7). The van der Waals surface area contributed by atoms with Crippen LogP contribution < -0.4 is 5.32 Å². The lowest BCUT2D eigenvalue weighted by molar-refractivity contribution is 0.369. The number of nitrogens with one attached hydrogen (secondary N) is 1. The maximum absolute atomic E-state index is 9.99. The fourth-order valence-corrected chi connectivity index (χ4v) is 0.674. The average molecular weight is 138 g/mol. The van der Waals surface area contributed by atoms with Gasteiger partial charge in [-0.05, 0) is 13.5 Å². The topological polar surface area (TPSA) is 69.6 Å². The fourth-order valence-electron chi connectivity index (χ4n) is 0.225. The summed E-state index contributed by atoms with van der Waals surface area (Å²) in [5, 5.41) is 2.41. The van der Waals surface area contributed by atoms with Crippen molar-refractivity contribution >= 4 is 7.60 Å². The van der Waals surface area contributed by atoms with E-state index in [1.54, 1.807) is 0 Å². The van der Waals surface area contributed by atoms with Crippen molar-refractivity contribution in [2.24, 2.45) is 0 Å². The van der Waals surface area contributed by atoms with Gasteiger partial charge in [-0.25, -0.2) is 0 Å². The molecule has 0 aromatic rings. The van der Waals surface area contributed by atoms with Crippen LogP contribution in [-0.2, 0) is 4.57 Å². The Kier molecular flexibility index (Phi) is 3.24. The molecule has 0 fully saturated rings. The zero-order valence-corrected chi connectivity index (χ0v) is 5.27. The molecule has 0 bridgehead atoms. The van der Waals surface area contributed by atoms with E-state index in [9.17, 15) is 4.57 Å². The van der Waals surface area contributed by atoms with Crippen LogP contribution >= 0.6 is 7.60 Å². The van der Waals surface area contributed by atoms with Crippen molar-refractivity contribution in [2.75, 3.05) is 12.8 Å². The molecular formula is C3H9NO3P. The molecule has 4 nitrogen and oxygen atoms in total. The first kappa shape index (κ1) is 8.11. The molecule has 8 heavy (non-hydrogen) atoms. The van der Waals surface area contributed by atoms with Crippen molar-refractivity contribution in [3.63, 3.8) is 0 Å². The molecule has 0 atom stereocenters. The molecule has 0 aromatic carbocycles. The molecule has 0 heterocycles. The van der Waals surface area contributed by atoms with Crippen LogP contribution in [0.15, 0.2) is 0 Å². The Hall–Kier alpha value is 0.110. The highest BCUT2D eigenvalue weighted by molar-refractivity contribution is 7.51. The molecule has 0 aliphatic rings. The van der Waals surface area contributed by atoms with Gasteiger partial charge < -0.3 is 15.1 Å². The van der Waals surface area contributed by atoms with Gasteiger partial charge >= 0.3 is 7.60 Å². The average Bonchev–Trinajstić information content (AvgIpc) is 1.59. The largest absolute Gasteiger partial charge is 0.339 e. The van der Waals surface area contributed by atoms with Gasteiger partial charge in [0.2, 0.25) is 0 Å². The fraction of sp³-hybridized carbons (Fsp3) is 0.667. The Morgan fingerprint density at radius 2 is 2.12 bits per heavy atom. The summed E-state index contributed by atoms with van der Waals surface area (Å²) < 4.78 is 9.99. The molecule has 0 rings (SSSR count). The third-order valence-electron chi connectivity index (χ3n) is 0.495. The Bertz CT molecular complexity index is 98.7. The molecule has 1 radical (unpaired) electrons.